The van der Waals surface area contributed by atoms with Crippen LogP contribution in [0.25, 0.3) is 0 Å². The second kappa shape index (κ2) is 5.81. The van der Waals surface area contributed by atoms with Gasteiger partial charge >= 0.3 is 0 Å². The summed E-state index contributed by atoms with van der Waals surface area (Å²) in [5, 5.41) is 6.07. The number of ether oxygens (including phenoxy) is 1. The highest BCUT2D eigenvalue weighted by molar-refractivity contribution is 6.00. The van der Waals surface area contributed by atoms with E-state index in [1.54, 1.807) is 30.7 Å². The van der Waals surface area contributed by atoms with Gasteiger partial charge in [0.1, 0.15) is 12.0 Å². The third-order valence-corrected chi connectivity index (χ3v) is 3.89. The average Bonchev–Trinajstić information content (AvgIpc) is 2.63. The summed E-state index contributed by atoms with van der Waals surface area (Å²) >= 11 is 0. The first kappa shape index (κ1) is 13.9. The van der Waals surface area contributed by atoms with E-state index in [1.165, 1.54) is 0 Å². The Balaban J connectivity index is 1.54. The molecule has 23 heavy (non-hydrogen) atoms. The largest absolute Gasteiger partial charge is 0.378 e. The molecular formula is C15H16N6O2. The van der Waals surface area contributed by atoms with Crippen LogP contribution in [0.2, 0.25) is 0 Å². The van der Waals surface area contributed by atoms with Crippen LogP contribution in [-0.2, 0) is 4.74 Å². The predicted octanol–water partition coefficient (Wildman–Crippen LogP) is 0.562. The van der Waals surface area contributed by atoms with Gasteiger partial charge in [-0.25, -0.2) is 15.0 Å². The molecule has 4 rings (SSSR count). The highest BCUT2D eigenvalue weighted by atomic mass is 16.5. The minimum Gasteiger partial charge on any atom is -0.378 e. The second-order valence-electron chi connectivity index (χ2n) is 5.37. The molecule has 0 aromatic carbocycles. The van der Waals surface area contributed by atoms with Crippen LogP contribution in [0.5, 0.6) is 0 Å². The summed E-state index contributed by atoms with van der Waals surface area (Å²) in [6.07, 6.45) is 4.72. The number of fused-ring (bicyclic) bond motifs is 1. The molecule has 4 heterocycles. The van der Waals surface area contributed by atoms with Crippen LogP contribution >= 0.6 is 0 Å². The van der Waals surface area contributed by atoms with Crippen molar-refractivity contribution < 1.29 is 9.53 Å². The zero-order valence-corrected chi connectivity index (χ0v) is 12.4. The average molecular weight is 312 g/mol. The summed E-state index contributed by atoms with van der Waals surface area (Å²) in [6, 6.07) is 3.47. The maximum Gasteiger partial charge on any atom is 0.256 e. The van der Waals surface area contributed by atoms with Crippen LogP contribution in [0.3, 0.4) is 0 Å². The molecule has 118 valence electrons. The van der Waals surface area contributed by atoms with Crippen molar-refractivity contribution in [3.63, 3.8) is 0 Å². The molecule has 1 fully saturated rings. The number of carbonyl (C=O) groups excluding carboxylic acids is 1. The second-order valence-corrected chi connectivity index (χ2v) is 5.37. The number of carbonyl (C=O) groups is 1. The molecule has 2 aromatic heterocycles. The lowest BCUT2D eigenvalue weighted by Crippen LogP contribution is -2.39. The van der Waals surface area contributed by atoms with Gasteiger partial charge in [0.15, 0.2) is 0 Å². The van der Waals surface area contributed by atoms with E-state index in [1.807, 2.05) is 0 Å². The van der Waals surface area contributed by atoms with Gasteiger partial charge in [0.25, 0.3) is 5.91 Å². The molecule has 0 spiro atoms. The van der Waals surface area contributed by atoms with Crippen molar-refractivity contribution in [1.29, 1.82) is 0 Å². The number of morpholine rings is 1. The zero-order chi connectivity index (χ0) is 15.6. The fourth-order valence-corrected chi connectivity index (χ4v) is 2.66. The van der Waals surface area contributed by atoms with Crippen molar-refractivity contribution in [3.05, 3.63) is 41.9 Å². The fraction of sp³-hybridized carbons (Fsp3) is 0.333. The quantitative estimate of drug-likeness (QED) is 0.837. The molecule has 8 heteroatoms. The summed E-state index contributed by atoms with van der Waals surface area (Å²) in [4.78, 5) is 27.2. The predicted molar refractivity (Wildman–Crippen MR) is 83.1 cm³/mol. The van der Waals surface area contributed by atoms with Gasteiger partial charge < -0.3 is 20.3 Å². The Bertz CT molecular complexity index is 714. The molecular weight excluding hydrogens is 296 g/mol. The first-order chi connectivity index (χ1) is 11.3. The third-order valence-electron chi connectivity index (χ3n) is 3.89. The molecule has 1 saturated heterocycles. The van der Waals surface area contributed by atoms with Gasteiger partial charge in [0, 0.05) is 37.2 Å². The molecule has 0 radical (unpaired) electrons. The Kier molecular flexibility index (Phi) is 3.51. The molecule has 2 aliphatic rings. The minimum atomic E-state index is -0.386. The van der Waals surface area contributed by atoms with E-state index in [0.29, 0.717) is 30.5 Å². The number of anilines is 2. The van der Waals surface area contributed by atoms with Crippen LogP contribution in [0, 0.1) is 0 Å². The maximum absolute atomic E-state index is 12.1. The lowest BCUT2D eigenvalue weighted by molar-refractivity contribution is 0.0935. The monoisotopic (exact) mass is 312 g/mol. The molecule has 1 amide bonds. The molecule has 2 aromatic rings. The van der Waals surface area contributed by atoms with Crippen LogP contribution in [0.1, 0.15) is 22.1 Å². The number of aromatic nitrogens is 3. The van der Waals surface area contributed by atoms with Gasteiger partial charge in [-0.15, -0.1) is 0 Å². The van der Waals surface area contributed by atoms with Crippen LogP contribution in [-0.4, -0.2) is 47.2 Å². The van der Waals surface area contributed by atoms with Gasteiger partial charge in [0.2, 0.25) is 5.95 Å². The zero-order valence-electron chi connectivity index (χ0n) is 12.4. The van der Waals surface area contributed by atoms with Crippen molar-refractivity contribution in [2.45, 2.75) is 6.17 Å². The Morgan fingerprint density at radius 3 is 2.70 bits per heavy atom. The molecule has 0 unspecified atom stereocenters. The standard InChI is InChI=1S/C15H16N6O2/c22-14-11-2-1-3-16-13(11)19-12(20-14)10-8-17-15(18-9-10)21-4-6-23-7-5-21/h1-3,8-9,12H,4-7H2,(H,16,19)(H,20,22)/t12-/m1/s1. The summed E-state index contributed by atoms with van der Waals surface area (Å²) in [5.41, 5.74) is 1.32. The number of amides is 1. The maximum atomic E-state index is 12.1. The minimum absolute atomic E-state index is 0.158. The molecule has 8 nitrogen and oxygen atoms in total. The lowest BCUT2D eigenvalue weighted by atomic mass is 10.1. The number of nitrogens with zero attached hydrogens (tertiary/aromatic N) is 4. The Labute approximate surface area is 132 Å². The topological polar surface area (TPSA) is 92.3 Å². The Hall–Kier alpha value is -2.74. The third kappa shape index (κ3) is 2.68. The lowest BCUT2D eigenvalue weighted by Gasteiger charge is -2.28. The molecule has 1 atom stereocenters. The van der Waals surface area contributed by atoms with E-state index < -0.39 is 0 Å². The van der Waals surface area contributed by atoms with Gasteiger partial charge in [-0.3, -0.25) is 4.79 Å². The number of hydrogen-bond acceptors (Lipinski definition) is 7. The highest BCUT2D eigenvalue weighted by Crippen LogP contribution is 2.24. The van der Waals surface area contributed by atoms with Crippen LogP contribution < -0.4 is 15.5 Å². The van der Waals surface area contributed by atoms with Gasteiger partial charge in [0.05, 0.1) is 18.8 Å². The van der Waals surface area contributed by atoms with E-state index in [0.717, 1.165) is 18.7 Å². The number of nitrogens with one attached hydrogen (secondary N) is 2. The van der Waals surface area contributed by atoms with Crippen molar-refractivity contribution >= 4 is 17.7 Å². The summed E-state index contributed by atoms with van der Waals surface area (Å²) in [7, 11) is 0. The van der Waals surface area contributed by atoms with Crippen molar-refractivity contribution in [2.75, 3.05) is 36.5 Å². The summed E-state index contributed by atoms with van der Waals surface area (Å²) in [6.45, 7) is 2.95. The molecule has 2 N–H and O–H groups in total. The Morgan fingerprint density at radius 1 is 1.13 bits per heavy atom. The molecule has 0 bridgehead atoms. The van der Waals surface area contributed by atoms with Crippen LogP contribution in [0.15, 0.2) is 30.7 Å². The normalized spacial score (nSPS) is 20.4. The molecule has 0 aliphatic carbocycles. The van der Waals surface area contributed by atoms with Crippen molar-refractivity contribution in [1.82, 2.24) is 20.3 Å². The van der Waals surface area contributed by atoms with Gasteiger partial charge in [-0.05, 0) is 12.1 Å². The van der Waals surface area contributed by atoms with Crippen molar-refractivity contribution in [2.24, 2.45) is 0 Å². The van der Waals surface area contributed by atoms with E-state index in [-0.39, 0.29) is 12.1 Å². The first-order valence-corrected chi connectivity index (χ1v) is 7.48. The van der Waals surface area contributed by atoms with E-state index in [2.05, 4.69) is 30.5 Å². The smallest absolute Gasteiger partial charge is 0.256 e. The fourth-order valence-electron chi connectivity index (χ4n) is 2.66. The molecule has 2 aliphatic heterocycles. The number of hydrogen-bond donors (Lipinski definition) is 2. The number of pyridine rings is 1. The van der Waals surface area contributed by atoms with Crippen LogP contribution in [0.4, 0.5) is 11.8 Å². The first-order valence-electron chi connectivity index (χ1n) is 7.48. The van der Waals surface area contributed by atoms with Gasteiger partial charge in [-0.1, -0.05) is 0 Å². The Morgan fingerprint density at radius 2 is 1.91 bits per heavy atom. The van der Waals surface area contributed by atoms with E-state index >= 15 is 0 Å². The number of rotatable bonds is 2. The van der Waals surface area contributed by atoms with Gasteiger partial charge in [-0.2, -0.15) is 0 Å². The van der Waals surface area contributed by atoms with E-state index in [9.17, 15) is 4.79 Å². The summed E-state index contributed by atoms with van der Waals surface area (Å²) in [5.74, 6) is 1.09. The SMILES string of the molecule is O=C1N[C@H](c2cnc(N3CCOCC3)nc2)Nc2ncccc21. The summed E-state index contributed by atoms with van der Waals surface area (Å²) < 4.78 is 5.32. The highest BCUT2D eigenvalue weighted by Gasteiger charge is 2.26. The van der Waals surface area contributed by atoms with E-state index in [4.69, 9.17) is 4.74 Å². The molecule has 0 saturated carbocycles. The van der Waals surface area contributed by atoms with Crippen molar-refractivity contribution in [3.8, 4) is 0 Å².